The third-order valence-electron chi connectivity index (χ3n) is 2.34. The third-order valence-corrected chi connectivity index (χ3v) is 2.34. The first-order valence-electron chi connectivity index (χ1n) is 4.84. The van der Waals surface area contributed by atoms with E-state index in [4.69, 9.17) is 10.2 Å². The monoisotopic (exact) mass is 216 g/mol. The lowest BCUT2D eigenvalue weighted by atomic mass is 9.84. The van der Waals surface area contributed by atoms with Crippen molar-refractivity contribution in [3.8, 4) is 0 Å². The SMILES string of the molecule is CCC(=O)[C@@H](CC(=O)O)[C@@H](C)CC(=O)O. The molecule has 15 heavy (non-hydrogen) atoms. The smallest absolute Gasteiger partial charge is 0.304 e. The van der Waals surface area contributed by atoms with Crippen LogP contribution in [-0.4, -0.2) is 27.9 Å². The van der Waals surface area contributed by atoms with Crippen LogP contribution in [-0.2, 0) is 14.4 Å². The van der Waals surface area contributed by atoms with Crippen LogP contribution < -0.4 is 0 Å². The maximum atomic E-state index is 11.4. The highest BCUT2D eigenvalue weighted by molar-refractivity contribution is 5.85. The quantitative estimate of drug-likeness (QED) is 0.666. The Morgan fingerprint density at radius 3 is 1.87 bits per heavy atom. The Morgan fingerprint density at radius 2 is 1.53 bits per heavy atom. The molecule has 0 aliphatic carbocycles. The fourth-order valence-corrected chi connectivity index (χ4v) is 1.50. The molecule has 0 fully saturated rings. The molecule has 0 aromatic carbocycles. The largest absolute Gasteiger partial charge is 0.481 e. The number of aliphatic carboxylic acids is 2. The van der Waals surface area contributed by atoms with E-state index in [-0.39, 0.29) is 25.0 Å². The molecule has 0 aromatic rings. The van der Waals surface area contributed by atoms with E-state index in [2.05, 4.69) is 0 Å². The Morgan fingerprint density at radius 1 is 1.07 bits per heavy atom. The first-order valence-corrected chi connectivity index (χ1v) is 4.84. The molecule has 2 atom stereocenters. The number of carbonyl (C=O) groups is 3. The summed E-state index contributed by atoms with van der Waals surface area (Å²) < 4.78 is 0. The van der Waals surface area contributed by atoms with Crippen LogP contribution in [0.1, 0.15) is 33.1 Å². The van der Waals surface area contributed by atoms with E-state index in [1.807, 2.05) is 0 Å². The summed E-state index contributed by atoms with van der Waals surface area (Å²) in [5.74, 6) is -3.40. The Kier molecular flexibility index (Phi) is 5.59. The second-order valence-electron chi connectivity index (χ2n) is 3.60. The molecular weight excluding hydrogens is 200 g/mol. The van der Waals surface area contributed by atoms with Crippen LogP contribution in [0.15, 0.2) is 0 Å². The van der Waals surface area contributed by atoms with Gasteiger partial charge in [0.1, 0.15) is 5.78 Å². The van der Waals surface area contributed by atoms with E-state index >= 15 is 0 Å². The number of Topliss-reactive ketones (excluding diaryl/α,β-unsaturated/α-hetero) is 1. The molecule has 0 aromatic heterocycles. The van der Waals surface area contributed by atoms with Gasteiger partial charge in [-0.2, -0.15) is 0 Å². The van der Waals surface area contributed by atoms with Gasteiger partial charge < -0.3 is 10.2 Å². The number of hydrogen-bond donors (Lipinski definition) is 2. The van der Waals surface area contributed by atoms with Crippen LogP contribution in [0, 0.1) is 11.8 Å². The molecule has 0 spiro atoms. The van der Waals surface area contributed by atoms with Crippen LogP contribution in [0.25, 0.3) is 0 Å². The van der Waals surface area contributed by atoms with E-state index in [1.54, 1.807) is 13.8 Å². The fourth-order valence-electron chi connectivity index (χ4n) is 1.50. The van der Waals surface area contributed by atoms with Crippen molar-refractivity contribution in [1.82, 2.24) is 0 Å². The minimum absolute atomic E-state index is 0.177. The van der Waals surface area contributed by atoms with Crippen LogP contribution in [0.5, 0.6) is 0 Å². The number of ketones is 1. The summed E-state index contributed by atoms with van der Waals surface area (Å²) in [6.07, 6.45) is -0.229. The van der Waals surface area contributed by atoms with Gasteiger partial charge in [-0.1, -0.05) is 13.8 Å². The zero-order valence-corrected chi connectivity index (χ0v) is 8.90. The topological polar surface area (TPSA) is 91.7 Å². The molecule has 5 heteroatoms. The molecule has 0 bridgehead atoms. The summed E-state index contributed by atoms with van der Waals surface area (Å²) in [5.41, 5.74) is 0. The van der Waals surface area contributed by atoms with Gasteiger partial charge >= 0.3 is 11.9 Å². The van der Waals surface area contributed by atoms with Crippen molar-refractivity contribution >= 4 is 17.7 Å². The van der Waals surface area contributed by atoms with Crippen molar-refractivity contribution in [2.45, 2.75) is 33.1 Å². The number of hydrogen-bond acceptors (Lipinski definition) is 3. The Labute approximate surface area is 88.1 Å². The summed E-state index contributed by atoms with van der Waals surface area (Å²) in [7, 11) is 0. The van der Waals surface area contributed by atoms with Gasteiger partial charge in [0, 0.05) is 18.8 Å². The number of carboxylic acid groups (broad SMARTS) is 2. The van der Waals surface area contributed by atoms with Gasteiger partial charge in [-0.3, -0.25) is 14.4 Å². The fraction of sp³-hybridized carbons (Fsp3) is 0.700. The molecule has 0 unspecified atom stereocenters. The molecule has 0 saturated heterocycles. The van der Waals surface area contributed by atoms with Gasteiger partial charge in [-0.05, 0) is 5.92 Å². The molecule has 2 N–H and O–H groups in total. The van der Waals surface area contributed by atoms with Crippen molar-refractivity contribution < 1.29 is 24.6 Å². The first-order chi connectivity index (χ1) is 6.88. The highest BCUT2D eigenvalue weighted by Crippen LogP contribution is 2.21. The van der Waals surface area contributed by atoms with Crippen molar-refractivity contribution in [3.63, 3.8) is 0 Å². The van der Waals surface area contributed by atoms with Crippen molar-refractivity contribution in [1.29, 1.82) is 0 Å². The van der Waals surface area contributed by atoms with E-state index in [1.165, 1.54) is 0 Å². The molecular formula is C10H16O5. The Bertz CT molecular complexity index is 259. The number of rotatable bonds is 7. The van der Waals surface area contributed by atoms with Crippen LogP contribution in [0.4, 0.5) is 0 Å². The maximum Gasteiger partial charge on any atom is 0.304 e. The highest BCUT2D eigenvalue weighted by atomic mass is 16.4. The highest BCUT2D eigenvalue weighted by Gasteiger charge is 2.27. The van der Waals surface area contributed by atoms with Crippen LogP contribution in [0.3, 0.4) is 0 Å². The lowest BCUT2D eigenvalue weighted by molar-refractivity contribution is -0.144. The average molecular weight is 216 g/mol. The summed E-state index contributed by atoms with van der Waals surface area (Å²) in [5, 5.41) is 17.2. The van der Waals surface area contributed by atoms with Crippen molar-refractivity contribution in [3.05, 3.63) is 0 Å². The average Bonchev–Trinajstić information content (AvgIpc) is 2.11. The Balaban J connectivity index is 4.53. The van der Waals surface area contributed by atoms with Crippen LogP contribution in [0.2, 0.25) is 0 Å². The normalized spacial score (nSPS) is 14.3. The molecule has 0 amide bonds. The second kappa shape index (κ2) is 6.16. The summed E-state index contributed by atoms with van der Waals surface area (Å²) in [6.45, 7) is 3.24. The van der Waals surface area contributed by atoms with Crippen LogP contribution >= 0.6 is 0 Å². The molecule has 5 nitrogen and oxygen atoms in total. The van der Waals surface area contributed by atoms with Gasteiger partial charge in [0.2, 0.25) is 0 Å². The zero-order chi connectivity index (χ0) is 12.0. The van der Waals surface area contributed by atoms with Crippen molar-refractivity contribution in [2.24, 2.45) is 11.8 Å². The molecule has 0 rings (SSSR count). The van der Waals surface area contributed by atoms with E-state index < -0.39 is 23.8 Å². The lowest BCUT2D eigenvalue weighted by Gasteiger charge is -2.19. The molecule has 0 aliphatic heterocycles. The lowest BCUT2D eigenvalue weighted by Crippen LogP contribution is -2.26. The minimum Gasteiger partial charge on any atom is -0.481 e. The predicted molar refractivity (Wildman–Crippen MR) is 52.5 cm³/mol. The summed E-state index contributed by atoms with van der Waals surface area (Å²) in [4.78, 5) is 32.4. The van der Waals surface area contributed by atoms with E-state index in [9.17, 15) is 14.4 Å². The second-order valence-corrected chi connectivity index (χ2v) is 3.60. The van der Waals surface area contributed by atoms with Gasteiger partial charge in [0.25, 0.3) is 0 Å². The zero-order valence-electron chi connectivity index (χ0n) is 8.90. The maximum absolute atomic E-state index is 11.4. The van der Waals surface area contributed by atoms with Gasteiger partial charge in [0.15, 0.2) is 0 Å². The molecule has 0 saturated carbocycles. The van der Waals surface area contributed by atoms with Gasteiger partial charge in [-0.25, -0.2) is 0 Å². The minimum atomic E-state index is -1.07. The molecule has 0 radical (unpaired) electrons. The third kappa shape index (κ3) is 5.15. The first kappa shape index (κ1) is 13.6. The molecule has 86 valence electrons. The number of carbonyl (C=O) groups excluding carboxylic acids is 1. The molecule has 0 aliphatic rings. The predicted octanol–water partition coefficient (Wildman–Crippen LogP) is 1.17. The summed E-state index contributed by atoms with van der Waals surface area (Å²) >= 11 is 0. The number of carboxylic acids is 2. The standard InChI is InChI=1S/C10H16O5/c1-3-8(11)7(5-10(14)15)6(2)4-9(12)13/h6-7H,3-5H2,1-2H3,(H,12,13)(H,14,15)/t6-,7-/m0/s1. The van der Waals surface area contributed by atoms with E-state index in [0.717, 1.165) is 0 Å². The van der Waals surface area contributed by atoms with Gasteiger partial charge in [-0.15, -0.1) is 0 Å². The Hall–Kier alpha value is -1.39. The summed E-state index contributed by atoms with van der Waals surface area (Å²) in [6, 6.07) is 0. The van der Waals surface area contributed by atoms with Crippen molar-refractivity contribution in [2.75, 3.05) is 0 Å². The van der Waals surface area contributed by atoms with E-state index in [0.29, 0.717) is 0 Å². The van der Waals surface area contributed by atoms with Gasteiger partial charge in [0.05, 0.1) is 6.42 Å². The molecule has 0 heterocycles.